The summed E-state index contributed by atoms with van der Waals surface area (Å²) in [7, 11) is 0. The van der Waals surface area contributed by atoms with Gasteiger partial charge in [-0.25, -0.2) is 4.39 Å². The van der Waals surface area contributed by atoms with Gasteiger partial charge in [0, 0.05) is 44.0 Å². The van der Waals surface area contributed by atoms with E-state index in [1.165, 1.54) is 11.8 Å². The Morgan fingerprint density at radius 2 is 2.05 bits per heavy atom. The summed E-state index contributed by atoms with van der Waals surface area (Å²) in [4.78, 5) is 54.4. The molecule has 2 saturated heterocycles. The number of likely N-dealkylation sites (tertiary alicyclic amines) is 1. The number of nitriles is 1. The molecule has 38 heavy (non-hydrogen) atoms. The van der Waals surface area contributed by atoms with Crippen molar-refractivity contribution in [2.24, 2.45) is 11.8 Å². The number of hydrogen-bond donors (Lipinski definition) is 2. The zero-order chi connectivity index (χ0) is 27.6. The highest BCUT2D eigenvalue weighted by Crippen LogP contribution is 2.33. The van der Waals surface area contributed by atoms with Crippen molar-refractivity contribution in [3.63, 3.8) is 0 Å². The molecule has 4 atom stereocenters. The number of carbonyl (C=O) groups is 4. The zero-order valence-corrected chi connectivity index (χ0v) is 22.3. The molecule has 4 rings (SSSR count). The van der Waals surface area contributed by atoms with Gasteiger partial charge in [0.15, 0.2) is 0 Å². The Labute approximate surface area is 222 Å². The second-order valence-electron chi connectivity index (χ2n) is 11.4. The van der Waals surface area contributed by atoms with E-state index in [0.29, 0.717) is 24.6 Å². The fourth-order valence-electron chi connectivity index (χ4n) is 5.63. The van der Waals surface area contributed by atoms with Gasteiger partial charge in [-0.15, -0.1) is 0 Å². The van der Waals surface area contributed by atoms with Crippen molar-refractivity contribution < 1.29 is 23.6 Å². The number of rotatable bonds is 8. The number of nitrogens with one attached hydrogen (secondary N) is 2. The van der Waals surface area contributed by atoms with Crippen molar-refractivity contribution in [3.8, 4) is 6.07 Å². The van der Waals surface area contributed by atoms with E-state index < -0.39 is 35.5 Å². The van der Waals surface area contributed by atoms with Crippen LogP contribution in [0.4, 0.5) is 4.39 Å². The van der Waals surface area contributed by atoms with Gasteiger partial charge in [-0.3, -0.25) is 19.2 Å². The Hall–Kier alpha value is -3.48. The van der Waals surface area contributed by atoms with E-state index in [4.69, 9.17) is 0 Å². The average Bonchev–Trinajstić information content (AvgIpc) is 3.55. The summed E-state index contributed by atoms with van der Waals surface area (Å²) in [6.45, 7) is 6.68. The van der Waals surface area contributed by atoms with E-state index in [-0.39, 0.29) is 44.2 Å². The van der Waals surface area contributed by atoms with Gasteiger partial charge < -0.3 is 20.4 Å². The number of carbonyl (C=O) groups excluding carboxylic acids is 4. The van der Waals surface area contributed by atoms with Gasteiger partial charge in [0.1, 0.15) is 17.8 Å². The van der Waals surface area contributed by atoms with E-state index in [0.717, 1.165) is 24.0 Å². The lowest BCUT2D eigenvalue weighted by atomic mass is 9.99. The number of hydrogen-bond acceptors (Lipinski definition) is 5. The molecular formula is C28H36FN5O4. The van der Waals surface area contributed by atoms with E-state index in [9.17, 15) is 28.8 Å². The van der Waals surface area contributed by atoms with E-state index in [1.54, 1.807) is 11.0 Å². The minimum Gasteiger partial charge on any atom is -0.352 e. The molecule has 0 radical (unpaired) electrons. The van der Waals surface area contributed by atoms with Crippen LogP contribution in [0.3, 0.4) is 0 Å². The van der Waals surface area contributed by atoms with Crippen LogP contribution >= 0.6 is 0 Å². The molecular weight excluding hydrogens is 489 g/mol. The van der Waals surface area contributed by atoms with Crippen LogP contribution in [-0.4, -0.2) is 64.3 Å². The number of nitrogens with zero attached hydrogens (tertiary/aromatic N) is 3. The fourth-order valence-corrected chi connectivity index (χ4v) is 5.63. The average molecular weight is 526 g/mol. The molecule has 4 amide bonds. The highest BCUT2D eigenvalue weighted by Gasteiger charge is 2.47. The Kier molecular flexibility index (Phi) is 8.05. The number of benzene rings is 1. The molecule has 3 heterocycles. The molecule has 0 aromatic heterocycles. The van der Waals surface area contributed by atoms with Gasteiger partial charge in [0.25, 0.3) is 5.91 Å². The normalized spacial score (nSPS) is 26.3. The first-order valence-corrected chi connectivity index (χ1v) is 13.3. The van der Waals surface area contributed by atoms with Crippen LogP contribution in [0.2, 0.25) is 0 Å². The van der Waals surface area contributed by atoms with Crippen LogP contribution in [0, 0.1) is 23.2 Å². The summed E-state index contributed by atoms with van der Waals surface area (Å²) in [5.41, 5.74) is 0.631. The van der Waals surface area contributed by atoms with E-state index in [2.05, 4.69) is 24.5 Å². The largest absolute Gasteiger partial charge is 0.352 e. The van der Waals surface area contributed by atoms with Crippen LogP contribution in [0.25, 0.3) is 0 Å². The first-order valence-electron chi connectivity index (χ1n) is 13.3. The third-order valence-corrected chi connectivity index (χ3v) is 7.68. The lowest BCUT2D eigenvalue weighted by Crippen LogP contribution is -2.46. The van der Waals surface area contributed by atoms with Crippen molar-refractivity contribution >= 4 is 23.6 Å². The monoisotopic (exact) mass is 525 g/mol. The summed E-state index contributed by atoms with van der Waals surface area (Å²) in [6.07, 6.45) is 1.92. The predicted octanol–water partition coefficient (Wildman–Crippen LogP) is 2.44. The summed E-state index contributed by atoms with van der Waals surface area (Å²) in [5, 5.41) is 14.9. The first-order chi connectivity index (χ1) is 18.0. The minimum absolute atomic E-state index is 0.0642. The molecule has 0 spiro atoms. The van der Waals surface area contributed by atoms with Crippen LogP contribution in [0.5, 0.6) is 0 Å². The lowest BCUT2D eigenvalue weighted by molar-refractivity contribution is -0.135. The summed E-state index contributed by atoms with van der Waals surface area (Å²) in [5.74, 6) is -1.39. The second kappa shape index (κ2) is 11.1. The molecule has 9 nitrogen and oxygen atoms in total. The van der Waals surface area contributed by atoms with Crippen molar-refractivity contribution in [1.82, 2.24) is 20.4 Å². The van der Waals surface area contributed by atoms with Crippen molar-refractivity contribution in [3.05, 3.63) is 34.9 Å². The second-order valence-corrected chi connectivity index (χ2v) is 11.4. The Bertz CT molecular complexity index is 1160. The summed E-state index contributed by atoms with van der Waals surface area (Å²) in [6, 6.07) is 5.68. The number of fused-ring (bicyclic) bond motifs is 1. The van der Waals surface area contributed by atoms with Crippen molar-refractivity contribution in [2.45, 2.75) is 83.7 Å². The van der Waals surface area contributed by atoms with Gasteiger partial charge in [-0.05, 0) is 49.3 Å². The molecule has 1 aromatic rings. The van der Waals surface area contributed by atoms with Crippen molar-refractivity contribution in [1.29, 1.82) is 5.26 Å². The third-order valence-electron chi connectivity index (χ3n) is 7.68. The van der Waals surface area contributed by atoms with Crippen LogP contribution in [0.1, 0.15) is 74.4 Å². The number of amides is 4. The third kappa shape index (κ3) is 5.98. The molecule has 3 aliphatic rings. The maximum absolute atomic E-state index is 14.4. The summed E-state index contributed by atoms with van der Waals surface area (Å²) < 4.78 is 14.4. The Morgan fingerprint density at radius 1 is 1.29 bits per heavy atom. The van der Waals surface area contributed by atoms with Gasteiger partial charge in [-0.2, -0.15) is 5.26 Å². The highest BCUT2D eigenvalue weighted by molar-refractivity contribution is 5.97. The van der Waals surface area contributed by atoms with Crippen LogP contribution in [-0.2, 0) is 27.5 Å². The van der Waals surface area contributed by atoms with Crippen LogP contribution in [0.15, 0.2) is 18.2 Å². The maximum Gasteiger partial charge on any atom is 0.251 e. The van der Waals surface area contributed by atoms with Crippen molar-refractivity contribution in [2.75, 3.05) is 13.1 Å². The Morgan fingerprint density at radius 3 is 2.76 bits per heavy atom. The molecule has 1 unspecified atom stereocenters. The lowest BCUT2D eigenvalue weighted by Gasteiger charge is -2.23. The molecule has 2 fully saturated rings. The topological polar surface area (TPSA) is 123 Å². The molecule has 3 aliphatic heterocycles. The molecule has 0 aliphatic carbocycles. The maximum atomic E-state index is 14.4. The first kappa shape index (κ1) is 27.6. The van der Waals surface area contributed by atoms with E-state index >= 15 is 0 Å². The zero-order valence-electron chi connectivity index (χ0n) is 22.3. The smallest absolute Gasteiger partial charge is 0.251 e. The predicted molar refractivity (Wildman–Crippen MR) is 137 cm³/mol. The van der Waals surface area contributed by atoms with Crippen LogP contribution < -0.4 is 10.6 Å². The molecule has 1 aromatic carbocycles. The summed E-state index contributed by atoms with van der Waals surface area (Å²) >= 11 is 0. The number of halogens is 1. The quantitative estimate of drug-likeness (QED) is 0.505. The van der Waals surface area contributed by atoms with E-state index in [1.807, 2.05) is 18.2 Å². The van der Waals surface area contributed by atoms with Gasteiger partial charge in [0.05, 0.1) is 12.6 Å². The molecule has 204 valence electrons. The molecule has 10 heteroatoms. The standard InChI is InChI=1S/C28H36FN5O4/c1-17(2)6-5-9-31-26(37)21-8-4-7-18-14-33(15-22(18)21)24(35)11-19-10-23(32-25(19)36)27(38)34-16-28(3,29)12-20(34)13-30/h4,7-8,17,19-20,23H,5-6,9-12,14-16H2,1-3H3,(H,31,37)(H,32,36)/t19-,20-,23-,28?/m0/s1. The molecule has 2 N–H and O–H groups in total. The fraction of sp³-hybridized carbons (Fsp3) is 0.607. The van der Waals surface area contributed by atoms with Gasteiger partial charge in [0.2, 0.25) is 17.7 Å². The molecule has 0 saturated carbocycles. The Balaban J connectivity index is 1.33. The SMILES string of the molecule is CC(C)CCCNC(=O)c1cccc2c1CN(C(=O)C[C@@H]1C[C@@H](C(=O)N3CC(C)(F)C[C@H]3C#N)NC1=O)C2. The van der Waals surface area contributed by atoms with Gasteiger partial charge >= 0.3 is 0 Å². The highest BCUT2D eigenvalue weighted by atomic mass is 19.1. The molecule has 0 bridgehead atoms. The minimum atomic E-state index is -1.65. The van der Waals surface area contributed by atoms with Gasteiger partial charge in [-0.1, -0.05) is 26.0 Å². The number of alkyl halides is 1.